The normalized spacial score (nSPS) is 25.4. The summed E-state index contributed by atoms with van der Waals surface area (Å²) in [7, 11) is 1.56. The summed E-state index contributed by atoms with van der Waals surface area (Å²) in [5.41, 5.74) is 2.35. The number of hydrogen-bond acceptors (Lipinski definition) is 6. The Morgan fingerprint density at radius 2 is 2.04 bits per heavy atom. The lowest BCUT2D eigenvalue weighted by atomic mass is 9.74. The molecule has 0 bridgehead atoms. The van der Waals surface area contributed by atoms with Crippen molar-refractivity contribution in [1.29, 1.82) is 0 Å². The van der Waals surface area contributed by atoms with Gasteiger partial charge in [0.15, 0.2) is 0 Å². The van der Waals surface area contributed by atoms with E-state index in [9.17, 15) is 14.4 Å². The highest BCUT2D eigenvalue weighted by atomic mass is 16.5. The molecule has 5 rings (SSSR count). The van der Waals surface area contributed by atoms with Crippen molar-refractivity contribution in [2.75, 3.05) is 26.8 Å². The molecular weight excluding hydrogens is 362 g/mol. The van der Waals surface area contributed by atoms with E-state index in [2.05, 4.69) is 10.6 Å². The highest BCUT2D eigenvalue weighted by molar-refractivity contribution is 6.07. The lowest BCUT2D eigenvalue weighted by Gasteiger charge is -2.32. The lowest BCUT2D eigenvalue weighted by Crippen LogP contribution is -2.52. The highest BCUT2D eigenvalue weighted by Crippen LogP contribution is 2.51. The van der Waals surface area contributed by atoms with Crippen LogP contribution in [0.2, 0.25) is 0 Å². The number of nitrogens with one attached hydrogen (secondary N) is 2. The van der Waals surface area contributed by atoms with Gasteiger partial charge in [-0.15, -0.1) is 0 Å². The number of rotatable bonds is 2. The molecule has 8 heteroatoms. The second-order valence-electron chi connectivity index (χ2n) is 8.03. The quantitative estimate of drug-likeness (QED) is 0.719. The number of methoxy groups -OCH3 is 1. The second-order valence-corrected chi connectivity index (χ2v) is 8.03. The van der Waals surface area contributed by atoms with Crippen LogP contribution in [0.25, 0.3) is 0 Å². The van der Waals surface area contributed by atoms with Crippen LogP contribution in [0.3, 0.4) is 0 Å². The Hall–Kier alpha value is -2.61. The molecule has 1 aromatic rings. The molecule has 0 unspecified atom stereocenters. The SMILES string of the molecule is COc1cc2c(c3c1C(=O)N([C@@H]1CCC(=O)NC1=O)C3)OCC21CCNCC1. The number of imide groups is 1. The van der Waals surface area contributed by atoms with Crippen LogP contribution in [0.15, 0.2) is 6.07 Å². The fourth-order valence-corrected chi connectivity index (χ4v) is 5.02. The summed E-state index contributed by atoms with van der Waals surface area (Å²) in [6, 6.07) is 1.31. The molecule has 2 fully saturated rings. The molecule has 3 amide bonds. The van der Waals surface area contributed by atoms with E-state index in [1.807, 2.05) is 6.07 Å². The summed E-state index contributed by atoms with van der Waals surface area (Å²) in [6.07, 6.45) is 2.53. The summed E-state index contributed by atoms with van der Waals surface area (Å²) >= 11 is 0. The molecule has 2 N–H and O–H groups in total. The average Bonchev–Trinajstić information content (AvgIpc) is 3.21. The Kier molecular flexibility index (Phi) is 3.87. The smallest absolute Gasteiger partial charge is 0.259 e. The largest absolute Gasteiger partial charge is 0.496 e. The van der Waals surface area contributed by atoms with Crippen LogP contribution in [0.1, 0.15) is 47.2 Å². The third-order valence-corrected chi connectivity index (χ3v) is 6.58. The zero-order valence-corrected chi connectivity index (χ0v) is 15.8. The van der Waals surface area contributed by atoms with Crippen molar-refractivity contribution in [3.63, 3.8) is 0 Å². The van der Waals surface area contributed by atoms with Gasteiger partial charge in [0.1, 0.15) is 17.5 Å². The Balaban J connectivity index is 1.56. The topological polar surface area (TPSA) is 97.0 Å². The van der Waals surface area contributed by atoms with Crippen molar-refractivity contribution in [2.24, 2.45) is 0 Å². The first-order valence-electron chi connectivity index (χ1n) is 9.76. The highest BCUT2D eigenvalue weighted by Gasteiger charge is 2.48. The number of benzene rings is 1. The first kappa shape index (κ1) is 17.5. The molecule has 0 radical (unpaired) electrons. The predicted octanol–water partition coefficient (Wildman–Crippen LogP) is 0.470. The van der Waals surface area contributed by atoms with E-state index in [1.54, 1.807) is 12.0 Å². The fourth-order valence-electron chi connectivity index (χ4n) is 5.02. The van der Waals surface area contributed by atoms with Gasteiger partial charge in [-0.1, -0.05) is 0 Å². The molecule has 4 aliphatic heterocycles. The molecule has 0 saturated carbocycles. The molecule has 0 aromatic heterocycles. The van der Waals surface area contributed by atoms with Crippen molar-refractivity contribution in [3.05, 3.63) is 22.8 Å². The summed E-state index contributed by atoms with van der Waals surface area (Å²) < 4.78 is 11.7. The summed E-state index contributed by atoms with van der Waals surface area (Å²) in [5.74, 6) is 0.376. The van der Waals surface area contributed by atoms with Gasteiger partial charge in [-0.25, -0.2) is 0 Å². The van der Waals surface area contributed by atoms with Gasteiger partial charge in [-0.05, 0) is 38.4 Å². The summed E-state index contributed by atoms with van der Waals surface area (Å²) in [6.45, 7) is 2.78. The van der Waals surface area contributed by atoms with Crippen LogP contribution >= 0.6 is 0 Å². The monoisotopic (exact) mass is 385 g/mol. The van der Waals surface area contributed by atoms with Crippen LogP contribution < -0.4 is 20.1 Å². The number of ether oxygens (including phenoxy) is 2. The maximum Gasteiger partial charge on any atom is 0.259 e. The Bertz CT molecular complexity index is 890. The molecule has 1 aromatic carbocycles. The average molecular weight is 385 g/mol. The van der Waals surface area contributed by atoms with Crippen molar-refractivity contribution in [3.8, 4) is 11.5 Å². The lowest BCUT2D eigenvalue weighted by molar-refractivity contribution is -0.136. The molecule has 4 aliphatic rings. The number of hydrogen-bond donors (Lipinski definition) is 2. The Labute approximate surface area is 162 Å². The Morgan fingerprint density at radius 3 is 2.75 bits per heavy atom. The molecular formula is C20H23N3O5. The molecule has 148 valence electrons. The van der Waals surface area contributed by atoms with Gasteiger partial charge in [0.25, 0.3) is 5.91 Å². The van der Waals surface area contributed by atoms with Crippen molar-refractivity contribution < 1.29 is 23.9 Å². The van der Waals surface area contributed by atoms with Crippen LogP contribution in [0.5, 0.6) is 11.5 Å². The van der Waals surface area contributed by atoms with Crippen molar-refractivity contribution >= 4 is 17.7 Å². The van der Waals surface area contributed by atoms with E-state index in [1.165, 1.54) is 0 Å². The van der Waals surface area contributed by atoms with Gasteiger partial charge < -0.3 is 19.7 Å². The van der Waals surface area contributed by atoms with E-state index >= 15 is 0 Å². The standard InChI is InChI=1S/C20H23N3O5/c1-27-14-8-12-17(28-10-20(12)4-6-21-7-5-20)11-9-23(19(26)16(11)14)13-2-3-15(24)22-18(13)25/h8,13,21H,2-7,9-10H2,1H3,(H,22,24,25)/t13-/m1/s1. The number of amides is 3. The third-order valence-electron chi connectivity index (χ3n) is 6.58. The summed E-state index contributed by atoms with van der Waals surface area (Å²) in [5, 5.41) is 5.73. The van der Waals surface area contributed by atoms with Crippen molar-refractivity contribution in [1.82, 2.24) is 15.5 Å². The van der Waals surface area contributed by atoms with E-state index in [0.717, 1.165) is 42.8 Å². The molecule has 0 aliphatic carbocycles. The maximum absolute atomic E-state index is 13.2. The van der Waals surface area contributed by atoms with Gasteiger partial charge in [0, 0.05) is 23.0 Å². The van der Waals surface area contributed by atoms with E-state index in [4.69, 9.17) is 9.47 Å². The van der Waals surface area contributed by atoms with Crippen molar-refractivity contribution in [2.45, 2.75) is 43.7 Å². The minimum Gasteiger partial charge on any atom is -0.496 e. The first-order chi connectivity index (χ1) is 13.5. The van der Waals surface area contributed by atoms with Gasteiger partial charge in [-0.2, -0.15) is 0 Å². The van der Waals surface area contributed by atoms with E-state index in [0.29, 0.717) is 30.9 Å². The number of fused-ring (bicyclic) bond motifs is 4. The molecule has 4 heterocycles. The van der Waals surface area contributed by atoms with Crippen LogP contribution in [-0.2, 0) is 21.5 Å². The number of nitrogens with zero attached hydrogens (tertiary/aromatic N) is 1. The molecule has 8 nitrogen and oxygen atoms in total. The molecule has 1 spiro atoms. The number of carbonyl (C=O) groups excluding carboxylic acids is 3. The molecule has 28 heavy (non-hydrogen) atoms. The van der Waals surface area contributed by atoms with Gasteiger partial charge in [-0.3, -0.25) is 19.7 Å². The van der Waals surface area contributed by atoms with E-state index in [-0.39, 0.29) is 23.7 Å². The first-order valence-corrected chi connectivity index (χ1v) is 9.76. The summed E-state index contributed by atoms with van der Waals surface area (Å²) in [4.78, 5) is 38.5. The third kappa shape index (κ3) is 2.37. The van der Waals surface area contributed by atoms with Crippen LogP contribution in [-0.4, -0.2) is 55.5 Å². The fraction of sp³-hybridized carbons (Fsp3) is 0.550. The molecule has 1 atom stereocenters. The zero-order valence-electron chi connectivity index (χ0n) is 15.8. The number of piperidine rings is 2. The van der Waals surface area contributed by atoms with Gasteiger partial charge >= 0.3 is 0 Å². The second kappa shape index (κ2) is 6.20. The minimum absolute atomic E-state index is 0.0476. The number of carbonyl (C=O) groups is 3. The zero-order chi connectivity index (χ0) is 19.5. The molecule has 2 saturated heterocycles. The maximum atomic E-state index is 13.2. The van der Waals surface area contributed by atoms with E-state index < -0.39 is 11.9 Å². The van der Waals surface area contributed by atoms with Gasteiger partial charge in [0.2, 0.25) is 11.8 Å². The predicted molar refractivity (Wildman–Crippen MR) is 98.3 cm³/mol. The Morgan fingerprint density at radius 1 is 1.25 bits per heavy atom. The van der Waals surface area contributed by atoms with Gasteiger partial charge in [0.05, 0.1) is 25.8 Å². The van der Waals surface area contributed by atoms with Crippen LogP contribution in [0, 0.1) is 0 Å². The minimum atomic E-state index is -0.646. The van der Waals surface area contributed by atoms with Crippen LogP contribution in [0.4, 0.5) is 0 Å².